The predicted octanol–water partition coefficient (Wildman–Crippen LogP) is -1.25. The summed E-state index contributed by atoms with van der Waals surface area (Å²) in [6.07, 6.45) is 0.644. The molecule has 12 heteroatoms. The smallest absolute Gasteiger partial charge is 0.330 e. The first-order valence-electron chi connectivity index (χ1n) is 7.81. The predicted molar refractivity (Wildman–Crippen MR) is 100 cm³/mol. The normalized spacial score (nSPS) is 9.96. The number of nitrogens with one attached hydrogen (secondary N) is 4. The fourth-order valence-electron chi connectivity index (χ4n) is 1.96. The van der Waals surface area contributed by atoms with Crippen molar-refractivity contribution in [1.29, 1.82) is 0 Å². The van der Waals surface area contributed by atoms with E-state index in [4.69, 9.17) is 11.5 Å². The molecule has 0 fully saturated rings. The molecule has 8 N–H and O–H groups in total. The van der Waals surface area contributed by atoms with E-state index in [0.29, 0.717) is 18.8 Å². The first-order valence-corrected chi connectivity index (χ1v) is 7.81. The van der Waals surface area contributed by atoms with Gasteiger partial charge in [0.25, 0.3) is 0 Å². The van der Waals surface area contributed by atoms with Crippen LogP contribution in [-0.4, -0.2) is 36.4 Å². The van der Waals surface area contributed by atoms with Crippen LogP contribution in [0.3, 0.4) is 0 Å². The molecule has 0 aliphatic carbocycles. The Morgan fingerprint density at radius 1 is 0.852 bits per heavy atom. The molecular weight excluding hydrogens is 354 g/mol. The first-order chi connectivity index (χ1) is 12.8. The molecule has 3 aromatic rings. The van der Waals surface area contributed by atoms with Crippen molar-refractivity contribution in [3.63, 3.8) is 0 Å². The Balaban J connectivity index is 0.000000244. The number of aromatic nitrogens is 6. The van der Waals surface area contributed by atoms with Gasteiger partial charge in [0.05, 0.1) is 0 Å². The molecule has 1 aromatic carbocycles. The van der Waals surface area contributed by atoms with Crippen LogP contribution < -0.4 is 33.9 Å². The van der Waals surface area contributed by atoms with Gasteiger partial charge >= 0.3 is 17.1 Å². The number of rotatable bonds is 4. The fraction of sp³-hybridized carbons (Fsp3) is 0.200. The molecule has 0 atom stereocenters. The number of H-pyrrole nitrogens is 3. The SMILES string of the molecule is Cc1ccc(NCCc2nc(N)nc(N)n2)cc1.O=c1[nH]c(=O)[nH]c(=O)[nH]1. The molecule has 27 heavy (non-hydrogen) atoms. The molecule has 0 spiro atoms. The van der Waals surface area contributed by atoms with Crippen LogP contribution in [0.1, 0.15) is 11.4 Å². The summed E-state index contributed by atoms with van der Waals surface area (Å²) in [5, 5.41) is 3.28. The van der Waals surface area contributed by atoms with Crippen LogP contribution in [0.25, 0.3) is 0 Å². The average molecular weight is 373 g/mol. The molecule has 12 nitrogen and oxygen atoms in total. The fourth-order valence-corrected chi connectivity index (χ4v) is 1.96. The Kier molecular flexibility index (Phi) is 6.41. The van der Waals surface area contributed by atoms with E-state index in [9.17, 15) is 14.4 Å². The zero-order valence-corrected chi connectivity index (χ0v) is 14.4. The van der Waals surface area contributed by atoms with Gasteiger partial charge in [-0.15, -0.1) is 0 Å². The lowest BCUT2D eigenvalue weighted by molar-refractivity contribution is 0.879. The summed E-state index contributed by atoms with van der Waals surface area (Å²) >= 11 is 0. The van der Waals surface area contributed by atoms with Crippen LogP contribution in [-0.2, 0) is 6.42 Å². The van der Waals surface area contributed by atoms with Crippen molar-refractivity contribution in [2.45, 2.75) is 13.3 Å². The highest BCUT2D eigenvalue weighted by molar-refractivity contribution is 5.44. The van der Waals surface area contributed by atoms with Gasteiger partial charge in [-0.25, -0.2) is 14.4 Å². The van der Waals surface area contributed by atoms with Gasteiger partial charge in [-0.1, -0.05) is 17.7 Å². The Morgan fingerprint density at radius 2 is 1.33 bits per heavy atom. The highest BCUT2D eigenvalue weighted by atomic mass is 16.2. The zero-order chi connectivity index (χ0) is 19.8. The summed E-state index contributed by atoms with van der Waals surface area (Å²) in [6.45, 7) is 2.77. The average Bonchev–Trinajstić information content (AvgIpc) is 2.55. The van der Waals surface area contributed by atoms with Crippen LogP contribution in [0.4, 0.5) is 17.6 Å². The molecule has 0 saturated carbocycles. The monoisotopic (exact) mass is 373 g/mol. The lowest BCUT2D eigenvalue weighted by atomic mass is 10.2. The summed E-state index contributed by atoms with van der Waals surface area (Å²) in [7, 11) is 0. The van der Waals surface area contributed by atoms with E-state index in [2.05, 4.69) is 39.3 Å². The van der Waals surface area contributed by atoms with E-state index in [-0.39, 0.29) is 11.9 Å². The quantitative estimate of drug-likeness (QED) is 0.323. The summed E-state index contributed by atoms with van der Waals surface area (Å²) in [6, 6.07) is 8.18. The van der Waals surface area contributed by atoms with Gasteiger partial charge in [-0.3, -0.25) is 15.0 Å². The molecule has 0 saturated heterocycles. The molecular formula is C15H19N9O3. The highest BCUT2D eigenvalue weighted by Crippen LogP contribution is 2.08. The Labute approximate surface area is 152 Å². The molecule has 2 heterocycles. The van der Waals surface area contributed by atoms with Gasteiger partial charge in [0.15, 0.2) is 0 Å². The number of aromatic amines is 3. The maximum absolute atomic E-state index is 10.2. The molecule has 2 aromatic heterocycles. The molecule has 0 aliphatic rings. The molecule has 142 valence electrons. The van der Waals surface area contributed by atoms with Crippen molar-refractivity contribution in [2.75, 3.05) is 23.3 Å². The van der Waals surface area contributed by atoms with Crippen molar-refractivity contribution in [3.05, 3.63) is 67.1 Å². The Hall–Kier alpha value is -3.96. The number of nitrogen functional groups attached to an aromatic ring is 2. The lowest BCUT2D eigenvalue weighted by Gasteiger charge is -2.06. The van der Waals surface area contributed by atoms with Crippen molar-refractivity contribution >= 4 is 17.6 Å². The highest BCUT2D eigenvalue weighted by Gasteiger charge is 2.01. The van der Waals surface area contributed by atoms with Crippen molar-refractivity contribution in [1.82, 2.24) is 29.9 Å². The number of benzene rings is 1. The summed E-state index contributed by atoms with van der Waals surface area (Å²) in [5.74, 6) is 0.917. The van der Waals surface area contributed by atoms with E-state index in [1.54, 1.807) is 15.0 Å². The summed E-state index contributed by atoms with van der Waals surface area (Å²) < 4.78 is 0. The summed E-state index contributed by atoms with van der Waals surface area (Å²) in [4.78, 5) is 47.7. The van der Waals surface area contributed by atoms with Gasteiger partial charge < -0.3 is 16.8 Å². The van der Waals surface area contributed by atoms with Crippen molar-refractivity contribution in [3.8, 4) is 0 Å². The molecule has 0 unspecified atom stereocenters. The van der Waals surface area contributed by atoms with E-state index < -0.39 is 17.1 Å². The minimum atomic E-state index is -0.802. The van der Waals surface area contributed by atoms with Crippen LogP contribution in [0.5, 0.6) is 0 Å². The molecule has 3 rings (SSSR count). The van der Waals surface area contributed by atoms with Crippen LogP contribution in [0.2, 0.25) is 0 Å². The Bertz CT molecular complexity index is 955. The van der Waals surface area contributed by atoms with Gasteiger partial charge in [0.1, 0.15) is 5.82 Å². The standard InChI is InChI=1S/C12H16N6.C3H3N3O3/c1-8-2-4-9(5-3-8)15-7-6-10-16-11(13)18-12(14)17-10;7-1-4-2(8)6-3(9)5-1/h2-5,15H,6-7H2,1H3,(H4,13,14,16,17,18);(H3,4,5,6,7,8,9). The third kappa shape index (κ3) is 6.81. The number of aryl methyl sites for hydroxylation is 1. The molecule has 0 bridgehead atoms. The third-order valence-electron chi connectivity index (χ3n) is 3.13. The Morgan fingerprint density at radius 3 is 1.81 bits per heavy atom. The third-order valence-corrected chi connectivity index (χ3v) is 3.13. The minimum Gasteiger partial charge on any atom is -0.385 e. The number of hydrogen-bond donors (Lipinski definition) is 6. The van der Waals surface area contributed by atoms with Crippen molar-refractivity contribution in [2.24, 2.45) is 0 Å². The number of nitrogens with zero attached hydrogens (tertiary/aromatic N) is 3. The maximum atomic E-state index is 10.2. The largest absolute Gasteiger partial charge is 0.385 e. The first kappa shape index (κ1) is 19.4. The molecule has 0 radical (unpaired) electrons. The molecule has 0 amide bonds. The zero-order valence-electron chi connectivity index (χ0n) is 14.4. The van der Waals surface area contributed by atoms with Crippen LogP contribution in [0, 0.1) is 6.92 Å². The van der Waals surface area contributed by atoms with E-state index in [0.717, 1.165) is 5.69 Å². The lowest BCUT2D eigenvalue weighted by Crippen LogP contribution is -2.34. The van der Waals surface area contributed by atoms with Gasteiger partial charge in [0.2, 0.25) is 11.9 Å². The number of anilines is 3. The van der Waals surface area contributed by atoms with E-state index >= 15 is 0 Å². The second-order valence-electron chi connectivity index (χ2n) is 5.37. The second kappa shape index (κ2) is 8.94. The second-order valence-corrected chi connectivity index (χ2v) is 5.37. The molecule has 0 aliphatic heterocycles. The number of nitrogens with two attached hydrogens (primary N) is 2. The minimum absolute atomic E-state index is 0.160. The van der Waals surface area contributed by atoms with E-state index in [1.807, 2.05) is 12.1 Å². The van der Waals surface area contributed by atoms with Gasteiger partial charge in [-0.05, 0) is 19.1 Å². The van der Waals surface area contributed by atoms with Crippen LogP contribution >= 0.6 is 0 Å². The van der Waals surface area contributed by atoms with E-state index in [1.165, 1.54) is 5.56 Å². The topological polar surface area (TPSA) is 201 Å². The number of hydrogen-bond acceptors (Lipinski definition) is 9. The van der Waals surface area contributed by atoms with Gasteiger partial charge in [-0.2, -0.15) is 15.0 Å². The summed E-state index contributed by atoms with van der Waals surface area (Å²) in [5.41, 5.74) is 10.9. The maximum Gasteiger partial charge on any atom is 0.330 e. The van der Waals surface area contributed by atoms with Gasteiger partial charge in [0, 0.05) is 18.7 Å². The van der Waals surface area contributed by atoms with Crippen molar-refractivity contribution < 1.29 is 0 Å². The van der Waals surface area contributed by atoms with Crippen LogP contribution in [0.15, 0.2) is 38.6 Å².